The van der Waals surface area contributed by atoms with E-state index in [0.717, 1.165) is 5.56 Å². The molecule has 142 valence electrons. The Morgan fingerprint density at radius 2 is 1.93 bits per heavy atom. The maximum atomic E-state index is 12.2. The van der Waals surface area contributed by atoms with Crippen LogP contribution in [0.1, 0.15) is 5.56 Å². The van der Waals surface area contributed by atoms with E-state index in [0.29, 0.717) is 28.2 Å². The number of nitro groups is 1. The van der Waals surface area contributed by atoms with E-state index in [1.807, 2.05) is 0 Å². The van der Waals surface area contributed by atoms with Gasteiger partial charge in [0.1, 0.15) is 5.52 Å². The molecule has 0 radical (unpaired) electrons. The summed E-state index contributed by atoms with van der Waals surface area (Å²) >= 11 is 0. The molecule has 8 nitrogen and oxygen atoms in total. The highest BCUT2D eigenvalue weighted by molar-refractivity contribution is 6.02. The fourth-order valence-electron chi connectivity index (χ4n) is 2.72. The third kappa shape index (κ3) is 4.16. The molecular weight excluding hydrogens is 372 g/mol. The molecule has 0 aliphatic carbocycles. The van der Waals surface area contributed by atoms with E-state index < -0.39 is 4.92 Å². The van der Waals surface area contributed by atoms with Crippen molar-refractivity contribution in [3.63, 3.8) is 0 Å². The number of nitrogens with zero attached hydrogens (tertiary/aromatic N) is 3. The van der Waals surface area contributed by atoms with Gasteiger partial charge in [-0.1, -0.05) is 12.1 Å². The van der Waals surface area contributed by atoms with Crippen LogP contribution in [0.5, 0.6) is 0 Å². The first kappa shape index (κ1) is 18.1. The van der Waals surface area contributed by atoms with Gasteiger partial charge in [-0.25, -0.2) is 4.98 Å². The van der Waals surface area contributed by atoms with Crippen molar-refractivity contribution in [2.75, 3.05) is 5.32 Å². The summed E-state index contributed by atoms with van der Waals surface area (Å²) in [5, 5.41) is 13.6. The summed E-state index contributed by atoms with van der Waals surface area (Å²) in [5.74, 6) is 0.102. The molecule has 2 aromatic heterocycles. The standard InChI is InChI=1S/C21H14N4O4/c26-20(7-4-14-2-1-3-17(12-14)25(27)28)23-16-5-6-19-18(13-16)24-21(29-19)15-8-10-22-11-9-15/h1-13H,(H,23,26)/b7-4+. The predicted octanol–water partition coefficient (Wildman–Crippen LogP) is 4.45. The number of oxazole rings is 1. The number of hydrogen-bond acceptors (Lipinski definition) is 6. The van der Waals surface area contributed by atoms with E-state index in [-0.39, 0.29) is 11.6 Å². The van der Waals surface area contributed by atoms with Crippen molar-refractivity contribution >= 4 is 34.5 Å². The zero-order chi connectivity index (χ0) is 20.2. The van der Waals surface area contributed by atoms with E-state index in [2.05, 4.69) is 15.3 Å². The van der Waals surface area contributed by atoms with Gasteiger partial charge in [-0.05, 0) is 42.0 Å². The van der Waals surface area contributed by atoms with Crippen molar-refractivity contribution in [2.45, 2.75) is 0 Å². The van der Waals surface area contributed by atoms with Crippen LogP contribution in [0.25, 0.3) is 28.6 Å². The van der Waals surface area contributed by atoms with Crippen molar-refractivity contribution in [1.82, 2.24) is 9.97 Å². The van der Waals surface area contributed by atoms with Crippen LogP contribution in [0.4, 0.5) is 11.4 Å². The molecule has 4 aromatic rings. The van der Waals surface area contributed by atoms with Crippen LogP contribution >= 0.6 is 0 Å². The minimum atomic E-state index is -0.481. The molecule has 0 spiro atoms. The fourth-order valence-corrected chi connectivity index (χ4v) is 2.72. The first-order valence-corrected chi connectivity index (χ1v) is 8.63. The van der Waals surface area contributed by atoms with Crippen LogP contribution in [-0.4, -0.2) is 20.8 Å². The highest BCUT2D eigenvalue weighted by Gasteiger charge is 2.09. The Morgan fingerprint density at radius 1 is 1.10 bits per heavy atom. The molecule has 0 saturated heterocycles. The average Bonchev–Trinajstić information content (AvgIpc) is 3.16. The normalized spacial score (nSPS) is 11.0. The lowest BCUT2D eigenvalue weighted by Crippen LogP contribution is -2.07. The number of pyridine rings is 1. The van der Waals surface area contributed by atoms with E-state index >= 15 is 0 Å². The SMILES string of the molecule is O=C(/C=C/c1cccc([N+](=O)[O-])c1)Nc1ccc2oc(-c3ccncc3)nc2c1. The molecule has 0 fully saturated rings. The Morgan fingerprint density at radius 3 is 2.72 bits per heavy atom. The Kier molecular flexibility index (Phi) is 4.81. The number of amides is 1. The molecule has 0 aliphatic rings. The van der Waals surface area contributed by atoms with E-state index in [4.69, 9.17) is 4.42 Å². The topological polar surface area (TPSA) is 111 Å². The average molecular weight is 386 g/mol. The van der Waals surface area contributed by atoms with Gasteiger partial charge in [0.15, 0.2) is 5.58 Å². The van der Waals surface area contributed by atoms with E-state index in [1.54, 1.807) is 54.9 Å². The second-order valence-corrected chi connectivity index (χ2v) is 6.11. The summed E-state index contributed by atoms with van der Waals surface area (Å²) in [5.41, 5.74) is 3.10. The smallest absolute Gasteiger partial charge is 0.270 e. The first-order chi connectivity index (χ1) is 14.1. The van der Waals surface area contributed by atoms with Gasteiger partial charge < -0.3 is 9.73 Å². The lowest BCUT2D eigenvalue weighted by atomic mass is 10.2. The number of aromatic nitrogens is 2. The molecule has 1 amide bonds. The van der Waals surface area contributed by atoms with Gasteiger partial charge in [-0.15, -0.1) is 0 Å². The highest BCUT2D eigenvalue weighted by atomic mass is 16.6. The summed E-state index contributed by atoms with van der Waals surface area (Å²) in [6.07, 6.45) is 6.14. The van der Waals surface area contributed by atoms with Gasteiger partial charge in [0.05, 0.1) is 4.92 Å². The summed E-state index contributed by atoms with van der Waals surface area (Å²) in [4.78, 5) is 30.9. The van der Waals surface area contributed by atoms with Crippen LogP contribution in [0.2, 0.25) is 0 Å². The first-order valence-electron chi connectivity index (χ1n) is 8.63. The van der Waals surface area contributed by atoms with Gasteiger partial charge >= 0.3 is 0 Å². The third-order valence-electron chi connectivity index (χ3n) is 4.09. The molecule has 0 saturated carbocycles. The molecule has 0 aliphatic heterocycles. The number of anilines is 1. The van der Waals surface area contributed by atoms with E-state index in [9.17, 15) is 14.9 Å². The molecule has 0 bridgehead atoms. The number of hydrogen-bond donors (Lipinski definition) is 1. The number of rotatable bonds is 5. The van der Waals surface area contributed by atoms with Crippen molar-refractivity contribution in [3.05, 3.63) is 88.7 Å². The third-order valence-corrected chi connectivity index (χ3v) is 4.09. The zero-order valence-corrected chi connectivity index (χ0v) is 15.0. The molecule has 1 N–H and O–H groups in total. The summed E-state index contributed by atoms with van der Waals surface area (Å²) in [6.45, 7) is 0. The Bertz CT molecular complexity index is 1230. The van der Waals surface area contributed by atoms with Crippen LogP contribution in [0, 0.1) is 10.1 Å². The number of nitro benzene ring substituents is 1. The molecule has 2 aromatic carbocycles. The Hall–Kier alpha value is -4.33. The van der Waals surface area contributed by atoms with Crippen LogP contribution in [-0.2, 0) is 4.79 Å². The minimum absolute atomic E-state index is 0.0333. The number of fused-ring (bicyclic) bond motifs is 1. The maximum Gasteiger partial charge on any atom is 0.270 e. The highest BCUT2D eigenvalue weighted by Crippen LogP contribution is 2.25. The molecule has 29 heavy (non-hydrogen) atoms. The molecule has 2 heterocycles. The van der Waals surface area contributed by atoms with Crippen molar-refractivity contribution < 1.29 is 14.1 Å². The number of carbonyl (C=O) groups is 1. The van der Waals surface area contributed by atoms with Gasteiger partial charge in [-0.3, -0.25) is 19.9 Å². The number of non-ortho nitro benzene ring substituents is 1. The Balaban J connectivity index is 1.49. The van der Waals surface area contributed by atoms with Gasteiger partial charge in [0.25, 0.3) is 5.69 Å². The van der Waals surface area contributed by atoms with Crippen LogP contribution in [0.3, 0.4) is 0 Å². The Labute approximate surface area is 164 Å². The molecule has 0 unspecified atom stereocenters. The lowest BCUT2D eigenvalue weighted by Gasteiger charge is -2.01. The second-order valence-electron chi connectivity index (χ2n) is 6.11. The summed E-state index contributed by atoms with van der Waals surface area (Å²) in [6, 6.07) is 14.8. The quantitative estimate of drug-likeness (QED) is 0.308. The van der Waals surface area contributed by atoms with Crippen molar-refractivity contribution in [1.29, 1.82) is 0 Å². The zero-order valence-electron chi connectivity index (χ0n) is 15.0. The van der Waals surface area contributed by atoms with Gasteiger partial charge in [0, 0.05) is 41.9 Å². The fraction of sp³-hybridized carbons (Fsp3) is 0. The second kappa shape index (κ2) is 7.73. The van der Waals surface area contributed by atoms with E-state index in [1.165, 1.54) is 24.3 Å². The number of carbonyl (C=O) groups excluding carboxylic acids is 1. The number of nitrogens with one attached hydrogen (secondary N) is 1. The maximum absolute atomic E-state index is 12.2. The molecule has 0 atom stereocenters. The molecule has 4 rings (SSSR count). The molecule has 8 heteroatoms. The molecular formula is C21H14N4O4. The van der Waals surface area contributed by atoms with Crippen molar-refractivity contribution in [3.8, 4) is 11.5 Å². The summed E-state index contributed by atoms with van der Waals surface area (Å²) in [7, 11) is 0. The number of benzene rings is 2. The largest absolute Gasteiger partial charge is 0.436 e. The summed E-state index contributed by atoms with van der Waals surface area (Å²) < 4.78 is 5.73. The predicted molar refractivity (Wildman–Crippen MR) is 108 cm³/mol. The minimum Gasteiger partial charge on any atom is -0.436 e. The monoisotopic (exact) mass is 386 g/mol. The van der Waals surface area contributed by atoms with Crippen molar-refractivity contribution in [2.24, 2.45) is 0 Å². The van der Waals surface area contributed by atoms with Crippen LogP contribution in [0.15, 0.2) is 77.5 Å². The lowest BCUT2D eigenvalue weighted by molar-refractivity contribution is -0.384. The van der Waals surface area contributed by atoms with Gasteiger partial charge in [0.2, 0.25) is 11.8 Å². The van der Waals surface area contributed by atoms with Crippen LogP contribution < -0.4 is 5.32 Å². The van der Waals surface area contributed by atoms with Gasteiger partial charge in [-0.2, -0.15) is 0 Å².